The van der Waals surface area contributed by atoms with Gasteiger partial charge in [-0.15, -0.1) is 0 Å². The van der Waals surface area contributed by atoms with E-state index in [1.807, 2.05) is 0 Å². The second-order valence-corrected chi connectivity index (χ2v) is 4.34. The first-order chi connectivity index (χ1) is 5.66. The molecule has 0 aromatic rings. The largest absolute Gasteiger partial charge is 0.240 e. The fraction of sp³-hybridized carbons (Fsp3) is 1.00. The van der Waals surface area contributed by atoms with Gasteiger partial charge in [0.1, 0.15) is 11.3 Å². The quantitative estimate of drug-likeness (QED) is 0.527. The fourth-order valence-electron chi connectivity index (χ4n) is 2.77. The number of halogens is 2. The minimum absolute atomic E-state index is 0.462. The van der Waals surface area contributed by atoms with Crippen molar-refractivity contribution in [3.63, 3.8) is 0 Å². The van der Waals surface area contributed by atoms with Crippen molar-refractivity contribution in [3.8, 4) is 0 Å². The molecular weight excluding hydrogens is 158 g/mol. The molecule has 0 heterocycles. The van der Waals surface area contributed by atoms with Crippen molar-refractivity contribution in [2.75, 3.05) is 0 Å². The first-order valence-electron chi connectivity index (χ1n) is 5.04. The summed E-state index contributed by atoms with van der Waals surface area (Å²) in [6, 6.07) is 0. The highest BCUT2D eigenvalue weighted by atomic mass is 19.2. The van der Waals surface area contributed by atoms with Gasteiger partial charge in [0, 0.05) is 0 Å². The Hall–Kier alpha value is -0.140. The molecule has 2 aliphatic rings. The number of rotatable bonds is 0. The van der Waals surface area contributed by atoms with Crippen LogP contribution in [0.25, 0.3) is 0 Å². The van der Waals surface area contributed by atoms with Crippen LogP contribution in [0.5, 0.6) is 0 Å². The highest BCUT2D eigenvalue weighted by Gasteiger charge is 2.55. The summed E-state index contributed by atoms with van der Waals surface area (Å²) in [6.45, 7) is 0. The smallest absolute Gasteiger partial charge is 0.144 e. The van der Waals surface area contributed by atoms with E-state index in [-0.39, 0.29) is 0 Å². The Morgan fingerprint density at radius 1 is 0.583 bits per heavy atom. The number of hydrogen-bond acceptors (Lipinski definition) is 0. The van der Waals surface area contributed by atoms with Crippen molar-refractivity contribution >= 4 is 0 Å². The lowest BCUT2D eigenvalue weighted by Crippen LogP contribution is -2.52. The van der Waals surface area contributed by atoms with Crippen LogP contribution in [0, 0.1) is 0 Å². The molecule has 0 nitrogen and oxygen atoms in total. The summed E-state index contributed by atoms with van der Waals surface area (Å²) in [6.07, 6.45) is 5.36. The van der Waals surface area contributed by atoms with Crippen molar-refractivity contribution in [1.82, 2.24) is 0 Å². The van der Waals surface area contributed by atoms with Gasteiger partial charge in [0.2, 0.25) is 0 Å². The van der Waals surface area contributed by atoms with Gasteiger partial charge in [-0.1, -0.05) is 25.7 Å². The second kappa shape index (κ2) is 2.68. The van der Waals surface area contributed by atoms with Crippen LogP contribution in [0.3, 0.4) is 0 Å². The van der Waals surface area contributed by atoms with Crippen molar-refractivity contribution in [1.29, 1.82) is 0 Å². The van der Waals surface area contributed by atoms with Crippen molar-refractivity contribution in [2.45, 2.75) is 62.7 Å². The van der Waals surface area contributed by atoms with E-state index < -0.39 is 11.3 Å². The summed E-state index contributed by atoms with van der Waals surface area (Å²) in [5.41, 5.74) is -2.91. The first-order valence-corrected chi connectivity index (χ1v) is 5.04. The van der Waals surface area contributed by atoms with Gasteiger partial charge >= 0.3 is 0 Å². The Kier molecular flexibility index (Phi) is 1.89. The summed E-state index contributed by atoms with van der Waals surface area (Å²) in [5, 5.41) is 0. The minimum atomic E-state index is -1.45. The third-order valence-corrected chi connectivity index (χ3v) is 3.60. The molecule has 0 aliphatic heterocycles. The van der Waals surface area contributed by atoms with E-state index >= 15 is 0 Å². The van der Waals surface area contributed by atoms with Crippen LogP contribution in [-0.2, 0) is 0 Å². The average molecular weight is 174 g/mol. The molecule has 0 bridgehead atoms. The maximum atomic E-state index is 14.0. The fourth-order valence-corrected chi connectivity index (χ4v) is 2.77. The third-order valence-electron chi connectivity index (χ3n) is 3.60. The van der Waals surface area contributed by atoms with E-state index in [1.54, 1.807) is 0 Å². The molecular formula is C10H16F2. The monoisotopic (exact) mass is 174 g/mol. The zero-order chi connectivity index (χ0) is 8.66. The van der Waals surface area contributed by atoms with Gasteiger partial charge in [0.25, 0.3) is 0 Å². The highest BCUT2D eigenvalue weighted by molar-refractivity contribution is 5.05. The summed E-state index contributed by atoms with van der Waals surface area (Å²) in [4.78, 5) is 0. The Morgan fingerprint density at radius 3 is 1.08 bits per heavy atom. The zero-order valence-electron chi connectivity index (χ0n) is 7.41. The second-order valence-electron chi connectivity index (χ2n) is 4.34. The average Bonchev–Trinajstić information content (AvgIpc) is 2.05. The molecule has 0 spiro atoms. The van der Waals surface area contributed by atoms with E-state index in [0.29, 0.717) is 25.7 Å². The summed E-state index contributed by atoms with van der Waals surface area (Å²) in [7, 11) is 0. The predicted molar refractivity (Wildman–Crippen MR) is 44.6 cm³/mol. The predicted octanol–water partition coefficient (Wildman–Crippen LogP) is 3.55. The highest BCUT2D eigenvalue weighted by Crippen LogP contribution is 2.51. The van der Waals surface area contributed by atoms with Crippen molar-refractivity contribution in [2.24, 2.45) is 0 Å². The lowest BCUT2D eigenvalue weighted by Gasteiger charge is -2.46. The molecule has 0 N–H and O–H groups in total. The van der Waals surface area contributed by atoms with Crippen molar-refractivity contribution < 1.29 is 8.78 Å². The lowest BCUT2D eigenvalue weighted by molar-refractivity contribution is -0.102. The normalized spacial score (nSPS) is 48.5. The number of fused-ring (bicyclic) bond motifs is 1. The Bertz CT molecular complexity index is 145. The standard InChI is InChI=1S/C10H16F2/c11-9-5-1-2-6-10(9,12)8-4-3-7-9/h1-8H2. The Labute approximate surface area is 72.3 Å². The number of alkyl halides is 2. The third kappa shape index (κ3) is 1.07. The van der Waals surface area contributed by atoms with E-state index in [4.69, 9.17) is 0 Å². The maximum Gasteiger partial charge on any atom is 0.144 e. The van der Waals surface area contributed by atoms with Crippen LogP contribution in [-0.4, -0.2) is 11.3 Å². The first kappa shape index (κ1) is 8.46. The maximum absolute atomic E-state index is 14.0. The van der Waals surface area contributed by atoms with Crippen LogP contribution in [0.1, 0.15) is 51.4 Å². The summed E-state index contributed by atoms with van der Waals surface area (Å²) >= 11 is 0. The molecule has 2 heteroatoms. The molecule has 0 amide bonds. The van der Waals surface area contributed by atoms with E-state index in [9.17, 15) is 8.78 Å². The lowest BCUT2D eigenvalue weighted by atomic mass is 9.66. The van der Waals surface area contributed by atoms with Gasteiger partial charge in [-0.2, -0.15) is 0 Å². The van der Waals surface area contributed by atoms with E-state index in [0.717, 1.165) is 25.7 Å². The topological polar surface area (TPSA) is 0 Å². The molecule has 0 atom stereocenters. The van der Waals surface area contributed by atoms with Gasteiger partial charge < -0.3 is 0 Å². The SMILES string of the molecule is FC12CCCCC1(F)CCCC2. The van der Waals surface area contributed by atoms with Crippen LogP contribution in [0.15, 0.2) is 0 Å². The molecule has 2 fully saturated rings. The summed E-state index contributed by atoms with van der Waals surface area (Å²) < 4.78 is 28.1. The molecule has 0 aromatic carbocycles. The minimum Gasteiger partial charge on any atom is -0.240 e. The molecule has 2 aliphatic carbocycles. The van der Waals surface area contributed by atoms with Gasteiger partial charge in [0.15, 0.2) is 0 Å². The van der Waals surface area contributed by atoms with Gasteiger partial charge in [-0.05, 0) is 25.7 Å². The van der Waals surface area contributed by atoms with Crippen LogP contribution >= 0.6 is 0 Å². The molecule has 0 aromatic heterocycles. The molecule has 0 radical (unpaired) electrons. The van der Waals surface area contributed by atoms with Crippen molar-refractivity contribution in [3.05, 3.63) is 0 Å². The summed E-state index contributed by atoms with van der Waals surface area (Å²) in [5.74, 6) is 0. The molecule has 2 saturated carbocycles. The molecule has 0 unspecified atom stereocenters. The molecule has 0 saturated heterocycles. The Balaban J connectivity index is 2.20. The van der Waals surface area contributed by atoms with Crippen LogP contribution in [0.4, 0.5) is 8.78 Å². The van der Waals surface area contributed by atoms with E-state index in [1.165, 1.54) is 0 Å². The van der Waals surface area contributed by atoms with Gasteiger partial charge in [-0.25, -0.2) is 8.78 Å². The molecule has 2 rings (SSSR count). The van der Waals surface area contributed by atoms with Gasteiger partial charge in [0.05, 0.1) is 0 Å². The van der Waals surface area contributed by atoms with Crippen LogP contribution in [0.2, 0.25) is 0 Å². The Morgan fingerprint density at radius 2 is 0.833 bits per heavy atom. The van der Waals surface area contributed by atoms with E-state index in [2.05, 4.69) is 0 Å². The molecule has 12 heavy (non-hydrogen) atoms. The van der Waals surface area contributed by atoms with Gasteiger partial charge in [-0.3, -0.25) is 0 Å². The zero-order valence-corrected chi connectivity index (χ0v) is 7.41. The van der Waals surface area contributed by atoms with Crippen LogP contribution < -0.4 is 0 Å². The molecule has 70 valence electrons. The number of hydrogen-bond donors (Lipinski definition) is 0.